The molecule has 0 saturated carbocycles. The summed E-state index contributed by atoms with van der Waals surface area (Å²) in [5.74, 6) is 0.726. The minimum absolute atomic E-state index is 0.0367. The number of methoxy groups -OCH3 is 1. The zero-order valence-corrected chi connectivity index (χ0v) is 8.51. The third kappa shape index (κ3) is 2.08. The highest BCUT2D eigenvalue weighted by molar-refractivity contribution is 9.10. The Kier molecular flexibility index (Phi) is 2.87. The number of rotatable bonds is 2. The second kappa shape index (κ2) is 3.72. The SMILES string of the molecule is COc1cc(Br)cc(C(C)=O)c1. The fraction of sp³-hybridized carbons (Fsp3) is 0.222. The molecule has 1 rings (SSSR count). The molecule has 1 aromatic carbocycles. The zero-order chi connectivity index (χ0) is 9.14. The number of benzene rings is 1. The molecule has 2 nitrogen and oxygen atoms in total. The molecule has 0 spiro atoms. The van der Waals surface area contributed by atoms with Crippen molar-refractivity contribution in [1.29, 1.82) is 0 Å². The highest BCUT2D eigenvalue weighted by Gasteiger charge is 2.02. The van der Waals surface area contributed by atoms with Crippen LogP contribution in [0.5, 0.6) is 5.75 Å². The van der Waals surface area contributed by atoms with Crippen molar-refractivity contribution in [3.8, 4) is 5.75 Å². The first-order chi connectivity index (χ1) is 5.63. The number of ketones is 1. The van der Waals surface area contributed by atoms with Crippen LogP contribution in [0.2, 0.25) is 0 Å². The minimum atomic E-state index is 0.0367. The van der Waals surface area contributed by atoms with Gasteiger partial charge in [-0.3, -0.25) is 4.79 Å². The van der Waals surface area contributed by atoms with E-state index in [-0.39, 0.29) is 5.78 Å². The highest BCUT2D eigenvalue weighted by Crippen LogP contribution is 2.21. The number of carbonyl (C=O) groups is 1. The maximum Gasteiger partial charge on any atom is 0.159 e. The zero-order valence-electron chi connectivity index (χ0n) is 6.93. The molecule has 0 heterocycles. The average Bonchev–Trinajstić information content (AvgIpc) is 2.03. The van der Waals surface area contributed by atoms with E-state index in [1.807, 2.05) is 6.07 Å². The van der Waals surface area contributed by atoms with Gasteiger partial charge in [0.25, 0.3) is 0 Å². The molecule has 12 heavy (non-hydrogen) atoms. The van der Waals surface area contributed by atoms with Crippen molar-refractivity contribution in [2.24, 2.45) is 0 Å². The molecule has 0 bridgehead atoms. The standard InChI is InChI=1S/C9H9BrO2/c1-6(11)7-3-8(10)5-9(4-7)12-2/h3-5H,1-2H3. The van der Waals surface area contributed by atoms with Gasteiger partial charge in [0.15, 0.2) is 5.78 Å². The number of hydrogen-bond acceptors (Lipinski definition) is 2. The van der Waals surface area contributed by atoms with Crippen molar-refractivity contribution >= 4 is 21.7 Å². The van der Waals surface area contributed by atoms with Crippen LogP contribution >= 0.6 is 15.9 Å². The normalized spacial score (nSPS) is 9.58. The Morgan fingerprint density at radius 1 is 1.42 bits per heavy atom. The largest absolute Gasteiger partial charge is 0.497 e. The van der Waals surface area contributed by atoms with E-state index >= 15 is 0 Å². The van der Waals surface area contributed by atoms with E-state index in [0.29, 0.717) is 11.3 Å². The fourth-order valence-corrected chi connectivity index (χ4v) is 1.36. The summed E-state index contributed by atoms with van der Waals surface area (Å²) in [6.45, 7) is 1.53. The lowest BCUT2D eigenvalue weighted by Gasteiger charge is -2.02. The van der Waals surface area contributed by atoms with Crippen molar-refractivity contribution in [2.75, 3.05) is 7.11 Å². The van der Waals surface area contributed by atoms with Crippen LogP contribution in [-0.4, -0.2) is 12.9 Å². The average molecular weight is 229 g/mol. The van der Waals surface area contributed by atoms with E-state index in [1.54, 1.807) is 19.2 Å². The van der Waals surface area contributed by atoms with Crippen LogP contribution in [0.4, 0.5) is 0 Å². The Balaban J connectivity index is 3.15. The lowest BCUT2D eigenvalue weighted by atomic mass is 10.1. The van der Waals surface area contributed by atoms with Gasteiger partial charge in [0.05, 0.1) is 7.11 Å². The van der Waals surface area contributed by atoms with E-state index in [4.69, 9.17) is 4.74 Å². The number of Topliss-reactive ketones (excluding diaryl/α,β-unsaturated/α-hetero) is 1. The summed E-state index contributed by atoms with van der Waals surface area (Å²) in [6, 6.07) is 5.30. The molecule has 0 aliphatic carbocycles. The second-order valence-electron chi connectivity index (χ2n) is 2.44. The van der Waals surface area contributed by atoms with Crippen molar-refractivity contribution in [3.05, 3.63) is 28.2 Å². The molecule has 1 aromatic rings. The van der Waals surface area contributed by atoms with Crippen LogP contribution in [-0.2, 0) is 0 Å². The Morgan fingerprint density at radius 3 is 2.58 bits per heavy atom. The Hall–Kier alpha value is -0.830. The smallest absolute Gasteiger partial charge is 0.159 e. The van der Waals surface area contributed by atoms with Gasteiger partial charge in [-0.2, -0.15) is 0 Å². The van der Waals surface area contributed by atoms with Crippen LogP contribution in [0.1, 0.15) is 17.3 Å². The van der Waals surface area contributed by atoms with Gasteiger partial charge in [-0.25, -0.2) is 0 Å². The molecular formula is C9H9BrO2. The van der Waals surface area contributed by atoms with Gasteiger partial charge in [0.1, 0.15) is 5.75 Å². The topological polar surface area (TPSA) is 26.3 Å². The first-order valence-electron chi connectivity index (χ1n) is 3.49. The van der Waals surface area contributed by atoms with Crippen LogP contribution in [0, 0.1) is 0 Å². The van der Waals surface area contributed by atoms with Gasteiger partial charge in [0.2, 0.25) is 0 Å². The number of carbonyl (C=O) groups excluding carboxylic acids is 1. The predicted octanol–water partition coefficient (Wildman–Crippen LogP) is 2.66. The van der Waals surface area contributed by atoms with Crippen LogP contribution in [0.25, 0.3) is 0 Å². The molecule has 0 aromatic heterocycles. The molecule has 0 unspecified atom stereocenters. The van der Waals surface area contributed by atoms with Gasteiger partial charge in [-0.1, -0.05) is 15.9 Å². The molecule has 0 amide bonds. The maximum atomic E-state index is 11.0. The van der Waals surface area contributed by atoms with Gasteiger partial charge in [-0.05, 0) is 25.1 Å². The molecule has 0 aliphatic rings. The fourth-order valence-electron chi connectivity index (χ4n) is 0.884. The van der Waals surface area contributed by atoms with E-state index < -0.39 is 0 Å². The summed E-state index contributed by atoms with van der Waals surface area (Å²) in [4.78, 5) is 11.0. The Morgan fingerprint density at radius 2 is 2.08 bits per heavy atom. The number of hydrogen-bond donors (Lipinski definition) is 0. The third-order valence-corrected chi connectivity index (χ3v) is 1.97. The van der Waals surface area contributed by atoms with Gasteiger partial charge in [-0.15, -0.1) is 0 Å². The summed E-state index contributed by atoms with van der Waals surface area (Å²) in [5.41, 5.74) is 0.654. The van der Waals surface area contributed by atoms with Gasteiger partial charge in [0, 0.05) is 10.0 Å². The van der Waals surface area contributed by atoms with Crippen molar-refractivity contribution in [2.45, 2.75) is 6.92 Å². The first kappa shape index (κ1) is 9.26. The molecule has 0 N–H and O–H groups in total. The van der Waals surface area contributed by atoms with Crippen LogP contribution < -0.4 is 4.74 Å². The van der Waals surface area contributed by atoms with Crippen molar-refractivity contribution < 1.29 is 9.53 Å². The van der Waals surface area contributed by atoms with Crippen molar-refractivity contribution in [1.82, 2.24) is 0 Å². The summed E-state index contributed by atoms with van der Waals surface area (Å²) in [5, 5.41) is 0. The minimum Gasteiger partial charge on any atom is -0.497 e. The lowest BCUT2D eigenvalue weighted by Crippen LogP contribution is -1.93. The lowest BCUT2D eigenvalue weighted by molar-refractivity contribution is 0.101. The molecule has 3 heteroatoms. The van der Waals surface area contributed by atoms with E-state index in [0.717, 1.165) is 4.47 Å². The van der Waals surface area contributed by atoms with E-state index in [2.05, 4.69) is 15.9 Å². The molecule has 0 atom stereocenters. The van der Waals surface area contributed by atoms with E-state index in [9.17, 15) is 4.79 Å². The molecule has 0 saturated heterocycles. The molecule has 0 fully saturated rings. The summed E-state index contributed by atoms with van der Waals surface area (Å²) in [7, 11) is 1.58. The van der Waals surface area contributed by atoms with Gasteiger partial charge < -0.3 is 4.74 Å². The summed E-state index contributed by atoms with van der Waals surface area (Å²) < 4.78 is 5.86. The molecule has 0 radical (unpaired) electrons. The van der Waals surface area contributed by atoms with Gasteiger partial charge >= 0.3 is 0 Å². The molecule has 0 aliphatic heterocycles. The first-order valence-corrected chi connectivity index (χ1v) is 4.28. The van der Waals surface area contributed by atoms with E-state index in [1.165, 1.54) is 6.92 Å². The molecule has 64 valence electrons. The monoisotopic (exact) mass is 228 g/mol. The Labute approximate surface area is 79.7 Å². The highest BCUT2D eigenvalue weighted by atomic mass is 79.9. The molecular weight excluding hydrogens is 220 g/mol. The van der Waals surface area contributed by atoms with Crippen molar-refractivity contribution in [3.63, 3.8) is 0 Å². The number of ether oxygens (including phenoxy) is 1. The quantitative estimate of drug-likeness (QED) is 0.728. The summed E-state index contributed by atoms with van der Waals surface area (Å²) >= 11 is 3.29. The number of halogens is 1. The summed E-state index contributed by atoms with van der Waals surface area (Å²) in [6.07, 6.45) is 0. The third-order valence-electron chi connectivity index (χ3n) is 1.51. The maximum absolute atomic E-state index is 11.0. The van der Waals surface area contributed by atoms with Crippen LogP contribution in [0.3, 0.4) is 0 Å². The van der Waals surface area contributed by atoms with Crippen LogP contribution in [0.15, 0.2) is 22.7 Å². The predicted molar refractivity (Wildman–Crippen MR) is 50.7 cm³/mol. The second-order valence-corrected chi connectivity index (χ2v) is 3.35. The Bertz CT molecular complexity index is 307.